The van der Waals surface area contributed by atoms with Gasteiger partial charge in [-0.1, -0.05) is 47.7 Å². The lowest BCUT2D eigenvalue weighted by Gasteiger charge is -2.09. The van der Waals surface area contributed by atoms with Gasteiger partial charge in [0, 0.05) is 29.9 Å². The molecule has 0 atom stereocenters. The summed E-state index contributed by atoms with van der Waals surface area (Å²) >= 11 is 1.59. The quantitative estimate of drug-likeness (QED) is 0.372. The van der Waals surface area contributed by atoms with E-state index in [0.717, 1.165) is 21.3 Å². The monoisotopic (exact) mass is 479 g/mol. The fourth-order valence-electron chi connectivity index (χ4n) is 3.27. The lowest BCUT2D eigenvalue weighted by molar-refractivity contribution is 0.496. The van der Waals surface area contributed by atoms with E-state index < -0.39 is 10.0 Å². The second-order valence-electron chi connectivity index (χ2n) is 7.79. The fraction of sp³-hybridized carbons (Fsp3) is 0.174. The molecule has 3 heterocycles. The molecule has 0 spiro atoms. The van der Waals surface area contributed by atoms with Crippen LogP contribution in [-0.2, 0) is 15.8 Å². The van der Waals surface area contributed by atoms with Crippen LogP contribution >= 0.6 is 11.3 Å². The minimum Gasteiger partial charge on any atom is -0.444 e. The maximum absolute atomic E-state index is 11.2. The molecule has 8 nitrogen and oxygen atoms in total. The second-order valence-corrected chi connectivity index (χ2v) is 10.4. The maximum Gasteiger partial charge on any atom is 0.213 e. The van der Waals surface area contributed by atoms with Gasteiger partial charge in [0.1, 0.15) is 28.1 Å². The molecule has 1 aromatic carbocycles. The average molecular weight is 480 g/mol. The Morgan fingerprint density at radius 1 is 1.06 bits per heavy atom. The van der Waals surface area contributed by atoms with Crippen molar-refractivity contribution in [3.63, 3.8) is 0 Å². The van der Waals surface area contributed by atoms with Crippen molar-refractivity contribution in [1.82, 2.24) is 15.0 Å². The van der Waals surface area contributed by atoms with Crippen LogP contribution in [0.5, 0.6) is 10.8 Å². The molecule has 4 aromatic rings. The molecule has 0 amide bonds. The zero-order chi connectivity index (χ0) is 22.8. The number of nitrogens with two attached hydrogens (primary N) is 1. The number of ether oxygens (including phenoxy) is 1. The number of hydrogen-bond donors (Lipinski definition) is 2. The molecule has 0 saturated heterocycles. The third-order valence-electron chi connectivity index (χ3n) is 4.98. The molecular weight excluding hydrogens is 458 g/mol. The highest BCUT2D eigenvalue weighted by atomic mass is 32.2. The van der Waals surface area contributed by atoms with Crippen molar-refractivity contribution in [2.75, 3.05) is 5.32 Å². The van der Waals surface area contributed by atoms with E-state index in [1.807, 2.05) is 30.3 Å². The summed E-state index contributed by atoms with van der Waals surface area (Å²) in [7, 11) is -3.60. The van der Waals surface area contributed by atoms with Gasteiger partial charge in [0.2, 0.25) is 15.1 Å². The number of nitrogens with one attached hydrogen (secondary N) is 1. The van der Waals surface area contributed by atoms with Gasteiger partial charge < -0.3 is 10.1 Å². The summed E-state index contributed by atoms with van der Waals surface area (Å²) in [5, 5.41) is 10.1. The molecule has 0 bridgehead atoms. The van der Waals surface area contributed by atoms with Gasteiger partial charge in [0.05, 0.1) is 5.75 Å². The van der Waals surface area contributed by atoms with Gasteiger partial charge in [-0.2, -0.15) is 0 Å². The molecule has 5 rings (SSSR count). The summed E-state index contributed by atoms with van der Waals surface area (Å²) in [5.41, 5.74) is 2.38. The number of aromatic nitrogens is 3. The number of pyridine rings is 2. The van der Waals surface area contributed by atoms with Crippen molar-refractivity contribution in [3.8, 4) is 22.1 Å². The zero-order valence-electron chi connectivity index (χ0n) is 17.5. The first-order chi connectivity index (χ1) is 15.9. The van der Waals surface area contributed by atoms with Gasteiger partial charge >= 0.3 is 0 Å². The molecule has 1 aliphatic carbocycles. The Hall–Kier alpha value is -3.34. The SMILES string of the molecule is NS(=O)(=O)Cc1ccc(Nc2cc(Oc3sc(C4CC4)nc3-c3ccccc3)ccn2)nc1. The van der Waals surface area contributed by atoms with Gasteiger partial charge in [-0.25, -0.2) is 28.5 Å². The van der Waals surface area contributed by atoms with Gasteiger partial charge in [0.15, 0.2) is 0 Å². The van der Waals surface area contributed by atoms with E-state index in [9.17, 15) is 8.42 Å². The first-order valence-corrected chi connectivity index (χ1v) is 12.9. The van der Waals surface area contributed by atoms with Gasteiger partial charge in [-0.05, 0) is 30.5 Å². The molecule has 3 N–H and O–H groups in total. The standard InChI is InChI=1S/C23H21N5O3S2/c24-33(29,30)14-15-6-9-19(26-13-15)27-20-12-18(10-11-25-20)31-23-21(16-4-2-1-3-5-16)28-22(32-23)17-7-8-17/h1-6,9-13,17H,7-8,14H2,(H2,24,29,30)(H,25,26,27). The molecule has 1 fully saturated rings. The molecule has 1 saturated carbocycles. The van der Waals surface area contributed by atoms with Gasteiger partial charge in [0.25, 0.3) is 0 Å². The second kappa shape index (κ2) is 8.89. The van der Waals surface area contributed by atoms with Crippen LogP contribution in [0.15, 0.2) is 67.0 Å². The van der Waals surface area contributed by atoms with Crippen molar-refractivity contribution in [2.45, 2.75) is 24.5 Å². The molecule has 168 valence electrons. The fourth-order valence-corrected chi connectivity index (χ4v) is 5.03. The van der Waals surface area contributed by atoms with Crippen molar-refractivity contribution < 1.29 is 13.2 Å². The third kappa shape index (κ3) is 5.54. The number of primary sulfonamides is 1. The van der Waals surface area contributed by atoms with Crippen molar-refractivity contribution in [1.29, 1.82) is 0 Å². The van der Waals surface area contributed by atoms with E-state index in [0.29, 0.717) is 28.9 Å². The van der Waals surface area contributed by atoms with E-state index >= 15 is 0 Å². The minimum absolute atomic E-state index is 0.261. The van der Waals surface area contributed by atoms with Crippen LogP contribution in [0.3, 0.4) is 0 Å². The van der Waals surface area contributed by atoms with E-state index in [1.54, 1.807) is 41.8 Å². The molecule has 1 aliphatic rings. The summed E-state index contributed by atoms with van der Waals surface area (Å²) in [5.74, 6) is 1.97. The number of benzene rings is 1. The van der Waals surface area contributed by atoms with Gasteiger partial charge in [-0.3, -0.25) is 0 Å². The van der Waals surface area contributed by atoms with E-state index in [4.69, 9.17) is 14.9 Å². The van der Waals surface area contributed by atoms with Crippen LogP contribution in [0.2, 0.25) is 0 Å². The number of rotatable bonds is 8. The smallest absolute Gasteiger partial charge is 0.213 e. The Morgan fingerprint density at radius 3 is 2.58 bits per heavy atom. The first-order valence-electron chi connectivity index (χ1n) is 10.4. The molecule has 33 heavy (non-hydrogen) atoms. The normalized spacial score (nSPS) is 13.6. The average Bonchev–Trinajstić information content (AvgIpc) is 3.56. The van der Waals surface area contributed by atoms with Crippen molar-refractivity contribution in [2.24, 2.45) is 5.14 Å². The van der Waals surface area contributed by atoms with E-state index in [1.165, 1.54) is 19.0 Å². The molecular formula is C23H21N5O3S2. The number of thiazole rings is 1. The number of nitrogens with zero attached hydrogens (tertiary/aromatic N) is 3. The zero-order valence-corrected chi connectivity index (χ0v) is 19.1. The minimum atomic E-state index is -3.60. The maximum atomic E-state index is 11.2. The van der Waals surface area contributed by atoms with Crippen LogP contribution in [0, 0.1) is 0 Å². The van der Waals surface area contributed by atoms with Crippen LogP contribution in [-0.4, -0.2) is 23.4 Å². The Labute approximate surface area is 195 Å². The predicted molar refractivity (Wildman–Crippen MR) is 128 cm³/mol. The number of sulfonamides is 1. The predicted octanol–water partition coefficient (Wildman–Crippen LogP) is 4.80. The molecule has 10 heteroatoms. The Kier molecular flexibility index (Phi) is 5.79. The summed E-state index contributed by atoms with van der Waals surface area (Å²) in [6.07, 6.45) is 5.47. The van der Waals surface area contributed by atoms with Crippen LogP contribution in [0.4, 0.5) is 11.6 Å². The van der Waals surface area contributed by atoms with Crippen LogP contribution < -0.4 is 15.2 Å². The highest BCUT2D eigenvalue weighted by Crippen LogP contribution is 2.48. The summed E-state index contributed by atoms with van der Waals surface area (Å²) in [6, 6.07) is 16.9. The molecule has 0 unspecified atom stereocenters. The lowest BCUT2D eigenvalue weighted by atomic mass is 10.2. The summed E-state index contributed by atoms with van der Waals surface area (Å²) in [4.78, 5) is 13.4. The summed E-state index contributed by atoms with van der Waals surface area (Å²) in [6.45, 7) is 0. The van der Waals surface area contributed by atoms with Gasteiger partial charge in [-0.15, -0.1) is 0 Å². The number of hydrogen-bond acceptors (Lipinski definition) is 8. The van der Waals surface area contributed by atoms with Crippen LogP contribution in [0.1, 0.15) is 29.3 Å². The summed E-state index contributed by atoms with van der Waals surface area (Å²) < 4.78 is 28.7. The Balaban J connectivity index is 1.35. The highest BCUT2D eigenvalue weighted by Gasteiger charge is 2.29. The van der Waals surface area contributed by atoms with E-state index in [-0.39, 0.29) is 5.75 Å². The van der Waals surface area contributed by atoms with Crippen molar-refractivity contribution >= 4 is 33.0 Å². The van der Waals surface area contributed by atoms with E-state index in [2.05, 4.69) is 15.3 Å². The van der Waals surface area contributed by atoms with Crippen molar-refractivity contribution in [3.05, 3.63) is 77.6 Å². The molecule has 3 aromatic heterocycles. The lowest BCUT2D eigenvalue weighted by Crippen LogP contribution is -2.14. The molecule has 0 radical (unpaired) electrons. The largest absolute Gasteiger partial charge is 0.444 e. The highest BCUT2D eigenvalue weighted by molar-refractivity contribution is 7.88. The van der Waals surface area contributed by atoms with Crippen LogP contribution in [0.25, 0.3) is 11.3 Å². The molecule has 0 aliphatic heterocycles. The topological polar surface area (TPSA) is 120 Å². The Bertz CT molecular complexity index is 1370. The Morgan fingerprint density at radius 2 is 1.88 bits per heavy atom. The first kappa shape index (κ1) is 21.5. The third-order valence-corrected chi connectivity index (χ3v) is 6.81. The number of anilines is 2.